The molecule has 2 rings (SSSR count). The Hall–Kier alpha value is -1.99. The molecule has 1 amide bonds. The van der Waals surface area contributed by atoms with Crippen molar-refractivity contribution in [1.82, 2.24) is 4.98 Å². The Morgan fingerprint density at radius 3 is 2.84 bits per heavy atom. The lowest BCUT2D eigenvalue weighted by Crippen LogP contribution is -2.18. The smallest absolute Gasteiger partial charge is 0.259 e. The molecule has 0 saturated heterocycles. The largest absolute Gasteiger partial charge is 0.321 e. The predicted octanol–water partition coefficient (Wildman–Crippen LogP) is 2.52. The molecular formula is C12H10BrFN4O. The Kier molecular flexibility index (Phi) is 4.08. The number of carbonyl (C=O) groups excluding carboxylic acids is 1. The topological polar surface area (TPSA) is 80.0 Å². The highest BCUT2D eigenvalue weighted by molar-refractivity contribution is 9.10. The second kappa shape index (κ2) is 5.77. The first kappa shape index (κ1) is 13.4. The number of amides is 1. The number of hydrogen-bond donors (Lipinski definition) is 3. The zero-order valence-corrected chi connectivity index (χ0v) is 11.2. The van der Waals surface area contributed by atoms with Gasteiger partial charge in [0.2, 0.25) is 0 Å². The molecule has 0 aliphatic carbocycles. The number of aromatic nitrogens is 1. The monoisotopic (exact) mass is 324 g/mol. The molecule has 0 saturated carbocycles. The molecule has 0 unspecified atom stereocenters. The van der Waals surface area contributed by atoms with Gasteiger partial charge < -0.3 is 10.7 Å². The number of halogens is 2. The molecule has 98 valence electrons. The standard InChI is InChI=1S/C12H10BrFN4O/c13-9-6-7(14)3-4-10(9)17-12(19)8-2-1-5-16-11(8)18-15/h1-6H,15H2,(H,16,18)(H,17,19). The van der Waals surface area contributed by atoms with Gasteiger partial charge in [-0.05, 0) is 46.3 Å². The first-order valence-electron chi connectivity index (χ1n) is 5.30. The third-order valence-corrected chi connectivity index (χ3v) is 3.02. The number of pyridine rings is 1. The number of carbonyl (C=O) groups is 1. The maximum Gasteiger partial charge on any atom is 0.259 e. The van der Waals surface area contributed by atoms with E-state index in [0.29, 0.717) is 15.7 Å². The molecule has 1 heterocycles. The molecule has 0 aliphatic rings. The fraction of sp³-hybridized carbons (Fsp3) is 0. The summed E-state index contributed by atoms with van der Waals surface area (Å²) in [6.07, 6.45) is 1.51. The first-order chi connectivity index (χ1) is 9.11. The summed E-state index contributed by atoms with van der Waals surface area (Å²) in [5.74, 6) is 4.75. The Balaban J connectivity index is 2.26. The van der Waals surface area contributed by atoms with E-state index in [0.717, 1.165) is 0 Å². The Labute approximate surface area is 117 Å². The van der Waals surface area contributed by atoms with Crippen molar-refractivity contribution in [3.63, 3.8) is 0 Å². The molecule has 5 nitrogen and oxygen atoms in total. The molecule has 4 N–H and O–H groups in total. The average Bonchev–Trinajstić information content (AvgIpc) is 2.41. The molecule has 0 spiro atoms. The number of nitrogen functional groups attached to an aromatic ring is 1. The molecule has 2 aromatic rings. The third-order valence-electron chi connectivity index (χ3n) is 2.37. The fourth-order valence-electron chi connectivity index (χ4n) is 1.48. The van der Waals surface area contributed by atoms with Gasteiger partial charge in [-0.15, -0.1) is 0 Å². The molecular weight excluding hydrogens is 315 g/mol. The molecule has 1 aromatic carbocycles. The highest BCUT2D eigenvalue weighted by Gasteiger charge is 2.13. The van der Waals surface area contributed by atoms with E-state index in [4.69, 9.17) is 5.84 Å². The maximum atomic E-state index is 12.9. The average molecular weight is 325 g/mol. The lowest BCUT2D eigenvalue weighted by molar-refractivity contribution is 0.102. The number of benzene rings is 1. The van der Waals surface area contributed by atoms with Crippen LogP contribution in [0.1, 0.15) is 10.4 Å². The SMILES string of the molecule is NNc1ncccc1C(=O)Nc1ccc(F)cc1Br. The maximum absolute atomic E-state index is 12.9. The van der Waals surface area contributed by atoms with Crippen molar-refractivity contribution < 1.29 is 9.18 Å². The number of rotatable bonds is 3. The van der Waals surface area contributed by atoms with Crippen LogP contribution in [-0.4, -0.2) is 10.9 Å². The van der Waals surface area contributed by atoms with E-state index in [1.54, 1.807) is 12.1 Å². The van der Waals surface area contributed by atoms with Gasteiger partial charge in [-0.3, -0.25) is 4.79 Å². The number of hydrazine groups is 1. The van der Waals surface area contributed by atoms with Gasteiger partial charge in [-0.25, -0.2) is 15.2 Å². The van der Waals surface area contributed by atoms with Crippen molar-refractivity contribution in [3.05, 3.63) is 52.4 Å². The van der Waals surface area contributed by atoms with E-state index in [9.17, 15) is 9.18 Å². The minimum absolute atomic E-state index is 0.262. The quantitative estimate of drug-likeness (QED) is 0.598. The highest BCUT2D eigenvalue weighted by Crippen LogP contribution is 2.24. The summed E-state index contributed by atoms with van der Waals surface area (Å²) >= 11 is 3.17. The van der Waals surface area contributed by atoms with Gasteiger partial charge in [0.1, 0.15) is 5.82 Å². The molecule has 19 heavy (non-hydrogen) atoms. The number of anilines is 2. The summed E-state index contributed by atoms with van der Waals surface area (Å²) in [6, 6.07) is 7.18. The first-order valence-corrected chi connectivity index (χ1v) is 6.09. The summed E-state index contributed by atoms with van der Waals surface area (Å²) in [6.45, 7) is 0. The van der Waals surface area contributed by atoms with Gasteiger partial charge >= 0.3 is 0 Å². The molecule has 7 heteroatoms. The van der Waals surface area contributed by atoms with Crippen molar-refractivity contribution in [2.45, 2.75) is 0 Å². The molecule has 0 bridgehead atoms. The van der Waals surface area contributed by atoms with E-state index in [1.165, 1.54) is 24.4 Å². The van der Waals surface area contributed by atoms with Crippen molar-refractivity contribution in [2.75, 3.05) is 10.7 Å². The van der Waals surface area contributed by atoms with Gasteiger partial charge in [0.05, 0.1) is 11.3 Å². The fourth-order valence-corrected chi connectivity index (χ4v) is 1.93. The second-order valence-electron chi connectivity index (χ2n) is 3.62. The van der Waals surface area contributed by atoms with E-state index < -0.39 is 11.7 Å². The predicted molar refractivity (Wildman–Crippen MR) is 74.1 cm³/mol. The summed E-state index contributed by atoms with van der Waals surface area (Å²) in [5.41, 5.74) is 3.09. The van der Waals surface area contributed by atoms with Crippen LogP contribution in [0.4, 0.5) is 15.9 Å². The normalized spacial score (nSPS) is 10.1. The zero-order valence-electron chi connectivity index (χ0n) is 9.65. The third kappa shape index (κ3) is 3.07. The van der Waals surface area contributed by atoms with Crippen LogP contribution in [0.3, 0.4) is 0 Å². The Bertz CT molecular complexity index is 620. The molecule has 0 radical (unpaired) electrons. The van der Waals surface area contributed by atoms with E-state index >= 15 is 0 Å². The summed E-state index contributed by atoms with van der Waals surface area (Å²) < 4.78 is 13.4. The van der Waals surface area contributed by atoms with Crippen molar-refractivity contribution in [1.29, 1.82) is 0 Å². The Morgan fingerprint density at radius 2 is 2.16 bits per heavy atom. The second-order valence-corrected chi connectivity index (χ2v) is 4.48. The van der Waals surface area contributed by atoms with E-state index in [2.05, 4.69) is 31.7 Å². The van der Waals surface area contributed by atoms with Crippen LogP contribution in [0.25, 0.3) is 0 Å². The minimum atomic E-state index is -0.395. The van der Waals surface area contributed by atoms with Gasteiger partial charge in [0.25, 0.3) is 5.91 Å². The van der Waals surface area contributed by atoms with Crippen molar-refractivity contribution >= 4 is 33.3 Å². The molecule has 0 fully saturated rings. The number of hydrogen-bond acceptors (Lipinski definition) is 4. The van der Waals surface area contributed by atoms with Crippen LogP contribution in [0, 0.1) is 5.82 Å². The van der Waals surface area contributed by atoms with Crippen LogP contribution in [0.2, 0.25) is 0 Å². The van der Waals surface area contributed by atoms with Gasteiger partial charge in [-0.1, -0.05) is 0 Å². The summed E-state index contributed by atoms with van der Waals surface area (Å²) in [7, 11) is 0. The van der Waals surface area contributed by atoms with E-state index in [1.807, 2.05) is 0 Å². The lowest BCUT2D eigenvalue weighted by atomic mass is 10.2. The minimum Gasteiger partial charge on any atom is -0.321 e. The number of nitrogens with two attached hydrogens (primary N) is 1. The number of nitrogens with one attached hydrogen (secondary N) is 2. The number of nitrogens with zero attached hydrogens (tertiary/aromatic N) is 1. The van der Waals surface area contributed by atoms with Crippen molar-refractivity contribution in [3.8, 4) is 0 Å². The zero-order chi connectivity index (χ0) is 13.8. The van der Waals surface area contributed by atoms with Crippen LogP contribution < -0.4 is 16.6 Å². The Morgan fingerprint density at radius 1 is 1.37 bits per heavy atom. The van der Waals surface area contributed by atoms with E-state index in [-0.39, 0.29) is 5.82 Å². The highest BCUT2D eigenvalue weighted by atomic mass is 79.9. The van der Waals surface area contributed by atoms with Gasteiger partial charge in [0, 0.05) is 10.7 Å². The van der Waals surface area contributed by atoms with Crippen LogP contribution in [-0.2, 0) is 0 Å². The van der Waals surface area contributed by atoms with Crippen LogP contribution in [0.15, 0.2) is 41.0 Å². The summed E-state index contributed by atoms with van der Waals surface area (Å²) in [5, 5.41) is 2.64. The van der Waals surface area contributed by atoms with Gasteiger partial charge in [-0.2, -0.15) is 0 Å². The lowest BCUT2D eigenvalue weighted by Gasteiger charge is -2.09. The molecule has 1 aromatic heterocycles. The molecule has 0 aliphatic heterocycles. The summed E-state index contributed by atoms with van der Waals surface area (Å²) in [4.78, 5) is 16.0. The molecule has 0 atom stereocenters. The van der Waals surface area contributed by atoms with Gasteiger partial charge in [0.15, 0.2) is 5.82 Å². The van der Waals surface area contributed by atoms with Crippen molar-refractivity contribution in [2.24, 2.45) is 5.84 Å². The van der Waals surface area contributed by atoms with Crippen LogP contribution in [0.5, 0.6) is 0 Å². The van der Waals surface area contributed by atoms with Crippen LogP contribution >= 0.6 is 15.9 Å².